The Labute approximate surface area is 145 Å². The normalized spacial score (nSPS) is 10.8. The van der Waals surface area contributed by atoms with E-state index < -0.39 is 0 Å². The number of hydrogen-bond donors (Lipinski definition) is 1. The van der Waals surface area contributed by atoms with Crippen LogP contribution in [0.3, 0.4) is 0 Å². The molecule has 0 fully saturated rings. The Kier molecular flexibility index (Phi) is 4.62. The predicted octanol–water partition coefficient (Wildman–Crippen LogP) is 4.30. The summed E-state index contributed by atoms with van der Waals surface area (Å²) in [4.78, 5) is 16.4. The summed E-state index contributed by atoms with van der Waals surface area (Å²) in [7, 11) is 0. The number of nitrogens with one attached hydrogen (secondary N) is 1. The lowest BCUT2D eigenvalue weighted by Gasteiger charge is -2.08. The van der Waals surface area contributed by atoms with E-state index in [9.17, 15) is 4.79 Å². The van der Waals surface area contributed by atoms with Crippen molar-refractivity contribution in [1.29, 1.82) is 0 Å². The third kappa shape index (κ3) is 3.63. The molecular formula is C18H17ClN4O. The summed E-state index contributed by atoms with van der Waals surface area (Å²) in [6.45, 7) is 4.21. The number of rotatable bonds is 4. The summed E-state index contributed by atoms with van der Waals surface area (Å²) >= 11 is 5.87. The molecule has 0 unspecified atom stereocenters. The van der Waals surface area contributed by atoms with Crippen LogP contribution in [0, 0.1) is 0 Å². The van der Waals surface area contributed by atoms with E-state index in [1.165, 1.54) is 11.0 Å². The van der Waals surface area contributed by atoms with Gasteiger partial charge in [-0.05, 0) is 47.9 Å². The number of carbonyl (C=O) groups is 1. The smallest absolute Gasteiger partial charge is 0.295 e. The highest BCUT2D eigenvalue weighted by Crippen LogP contribution is 2.19. The first-order chi connectivity index (χ1) is 11.5. The number of nitrogens with zero attached hydrogens (tertiary/aromatic N) is 3. The van der Waals surface area contributed by atoms with E-state index in [4.69, 9.17) is 11.6 Å². The largest absolute Gasteiger partial charge is 0.319 e. The minimum Gasteiger partial charge on any atom is -0.319 e. The zero-order valence-corrected chi connectivity index (χ0v) is 14.2. The van der Waals surface area contributed by atoms with Crippen molar-refractivity contribution in [1.82, 2.24) is 14.8 Å². The molecule has 3 rings (SSSR count). The second kappa shape index (κ2) is 6.84. The first-order valence-corrected chi connectivity index (χ1v) is 7.99. The Morgan fingerprint density at radius 3 is 2.62 bits per heavy atom. The molecule has 1 amide bonds. The van der Waals surface area contributed by atoms with Crippen LogP contribution >= 0.6 is 11.6 Å². The molecule has 0 saturated carbocycles. The van der Waals surface area contributed by atoms with Gasteiger partial charge in [0.05, 0.1) is 5.69 Å². The van der Waals surface area contributed by atoms with E-state index in [0.717, 1.165) is 16.9 Å². The lowest BCUT2D eigenvalue weighted by Crippen LogP contribution is -2.14. The predicted molar refractivity (Wildman–Crippen MR) is 94.9 cm³/mol. The van der Waals surface area contributed by atoms with Gasteiger partial charge >= 0.3 is 0 Å². The molecule has 0 aliphatic rings. The SMILES string of the molecule is CC(C)c1cccc(NC(=O)c2ncn(-c3ccc(Cl)cc3)n2)c1. The molecule has 0 bridgehead atoms. The van der Waals surface area contributed by atoms with Crippen LogP contribution in [-0.2, 0) is 0 Å². The number of amides is 1. The Bertz CT molecular complexity index is 855. The molecule has 122 valence electrons. The highest BCUT2D eigenvalue weighted by atomic mass is 35.5. The molecule has 0 atom stereocenters. The van der Waals surface area contributed by atoms with Gasteiger partial charge < -0.3 is 5.32 Å². The lowest BCUT2D eigenvalue weighted by molar-refractivity contribution is 0.101. The Balaban J connectivity index is 1.76. The van der Waals surface area contributed by atoms with Crippen LogP contribution in [0.15, 0.2) is 54.9 Å². The summed E-state index contributed by atoms with van der Waals surface area (Å²) in [5.41, 5.74) is 2.68. The van der Waals surface area contributed by atoms with Crippen molar-refractivity contribution in [2.24, 2.45) is 0 Å². The van der Waals surface area contributed by atoms with Gasteiger partial charge in [-0.3, -0.25) is 4.79 Å². The highest BCUT2D eigenvalue weighted by molar-refractivity contribution is 6.30. The van der Waals surface area contributed by atoms with Gasteiger partial charge in [-0.2, -0.15) is 0 Å². The first kappa shape index (κ1) is 16.2. The van der Waals surface area contributed by atoms with E-state index in [0.29, 0.717) is 10.9 Å². The van der Waals surface area contributed by atoms with Crippen molar-refractivity contribution in [2.75, 3.05) is 5.32 Å². The average Bonchev–Trinajstić information content (AvgIpc) is 3.06. The Morgan fingerprint density at radius 2 is 1.92 bits per heavy atom. The van der Waals surface area contributed by atoms with Crippen molar-refractivity contribution in [2.45, 2.75) is 19.8 Å². The fraction of sp³-hybridized carbons (Fsp3) is 0.167. The van der Waals surface area contributed by atoms with Gasteiger partial charge in [0.2, 0.25) is 5.82 Å². The van der Waals surface area contributed by atoms with E-state index in [1.807, 2.05) is 36.4 Å². The summed E-state index contributed by atoms with van der Waals surface area (Å²) in [5.74, 6) is 0.160. The highest BCUT2D eigenvalue weighted by Gasteiger charge is 2.13. The molecular weight excluding hydrogens is 324 g/mol. The van der Waals surface area contributed by atoms with Gasteiger partial charge in [-0.15, -0.1) is 5.10 Å². The molecule has 0 radical (unpaired) electrons. The second-order valence-electron chi connectivity index (χ2n) is 5.72. The van der Waals surface area contributed by atoms with E-state index in [2.05, 4.69) is 29.2 Å². The molecule has 0 aliphatic heterocycles. The zero-order valence-electron chi connectivity index (χ0n) is 13.4. The number of anilines is 1. The van der Waals surface area contributed by atoms with Gasteiger partial charge in [0.25, 0.3) is 5.91 Å². The molecule has 2 aromatic carbocycles. The molecule has 1 N–H and O–H groups in total. The summed E-state index contributed by atoms with van der Waals surface area (Å²) in [6.07, 6.45) is 1.50. The third-order valence-electron chi connectivity index (χ3n) is 3.60. The van der Waals surface area contributed by atoms with Crippen LogP contribution in [0.5, 0.6) is 0 Å². The number of benzene rings is 2. The molecule has 1 aromatic heterocycles. The van der Waals surface area contributed by atoms with Gasteiger partial charge in [0.15, 0.2) is 0 Å². The van der Waals surface area contributed by atoms with Gasteiger partial charge in [-0.1, -0.05) is 37.6 Å². The van der Waals surface area contributed by atoms with Crippen LogP contribution in [0.4, 0.5) is 5.69 Å². The van der Waals surface area contributed by atoms with Crippen LogP contribution in [0.25, 0.3) is 5.69 Å². The molecule has 0 aliphatic carbocycles. The van der Waals surface area contributed by atoms with E-state index >= 15 is 0 Å². The third-order valence-corrected chi connectivity index (χ3v) is 3.85. The topological polar surface area (TPSA) is 59.8 Å². The molecule has 3 aromatic rings. The summed E-state index contributed by atoms with van der Waals surface area (Å²) < 4.78 is 1.54. The van der Waals surface area contributed by atoms with E-state index in [1.54, 1.807) is 12.1 Å². The van der Waals surface area contributed by atoms with Gasteiger partial charge in [0.1, 0.15) is 6.33 Å². The Hall–Kier alpha value is -2.66. The van der Waals surface area contributed by atoms with Crippen molar-refractivity contribution >= 4 is 23.2 Å². The maximum absolute atomic E-state index is 12.3. The molecule has 6 heteroatoms. The van der Waals surface area contributed by atoms with Gasteiger partial charge in [0, 0.05) is 10.7 Å². The van der Waals surface area contributed by atoms with E-state index in [-0.39, 0.29) is 11.7 Å². The monoisotopic (exact) mass is 340 g/mol. The molecule has 0 saturated heterocycles. The molecule has 24 heavy (non-hydrogen) atoms. The van der Waals surface area contributed by atoms with Crippen LogP contribution in [0.1, 0.15) is 35.9 Å². The van der Waals surface area contributed by atoms with Crippen LogP contribution in [0.2, 0.25) is 5.02 Å². The number of halogens is 1. The second-order valence-corrected chi connectivity index (χ2v) is 6.16. The van der Waals surface area contributed by atoms with Crippen molar-refractivity contribution < 1.29 is 4.79 Å². The molecule has 5 nitrogen and oxygen atoms in total. The number of aromatic nitrogens is 3. The average molecular weight is 341 g/mol. The summed E-state index contributed by atoms with van der Waals surface area (Å²) in [5, 5.41) is 7.68. The zero-order chi connectivity index (χ0) is 17.1. The van der Waals surface area contributed by atoms with Crippen molar-refractivity contribution in [3.8, 4) is 5.69 Å². The first-order valence-electron chi connectivity index (χ1n) is 7.62. The fourth-order valence-electron chi connectivity index (χ4n) is 2.25. The maximum Gasteiger partial charge on any atom is 0.295 e. The van der Waals surface area contributed by atoms with Gasteiger partial charge in [-0.25, -0.2) is 9.67 Å². The standard InChI is InChI=1S/C18H17ClN4O/c1-12(2)13-4-3-5-15(10-13)21-18(24)17-20-11-23(22-17)16-8-6-14(19)7-9-16/h3-12H,1-2H3,(H,21,24). The Morgan fingerprint density at radius 1 is 1.17 bits per heavy atom. The molecule has 0 spiro atoms. The quantitative estimate of drug-likeness (QED) is 0.770. The number of hydrogen-bond acceptors (Lipinski definition) is 3. The van der Waals surface area contributed by atoms with Crippen LogP contribution in [-0.4, -0.2) is 20.7 Å². The van der Waals surface area contributed by atoms with Crippen LogP contribution < -0.4 is 5.32 Å². The van der Waals surface area contributed by atoms with Crippen molar-refractivity contribution in [3.63, 3.8) is 0 Å². The summed E-state index contributed by atoms with van der Waals surface area (Å²) in [6, 6.07) is 14.9. The molecule has 1 heterocycles. The van der Waals surface area contributed by atoms with Crippen molar-refractivity contribution in [3.05, 3.63) is 71.3 Å². The minimum atomic E-state index is -0.344. The lowest BCUT2D eigenvalue weighted by atomic mass is 10.0. The number of carbonyl (C=O) groups excluding carboxylic acids is 1. The maximum atomic E-state index is 12.3. The minimum absolute atomic E-state index is 0.111. The fourth-order valence-corrected chi connectivity index (χ4v) is 2.37.